The molecule has 1 aliphatic heterocycles. The van der Waals surface area contributed by atoms with Crippen molar-refractivity contribution in [3.63, 3.8) is 0 Å². The van der Waals surface area contributed by atoms with E-state index in [1.807, 2.05) is 0 Å². The van der Waals surface area contributed by atoms with E-state index in [0.29, 0.717) is 27.2 Å². The summed E-state index contributed by atoms with van der Waals surface area (Å²) in [6.45, 7) is 0. The fourth-order valence-corrected chi connectivity index (χ4v) is 4.64. The lowest BCUT2D eigenvalue weighted by molar-refractivity contribution is -0.113. The topological polar surface area (TPSA) is 92.0 Å². The smallest absolute Gasteiger partial charge is 0.349 e. The van der Waals surface area contributed by atoms with Gasteiger partial charge in [0.05, 0.1) is 15.6 Å². The summed E-state index contributed by atoms with van der Waals surface area (Å²) in [5, 5.41) is 5.10. The van der Waals surface area contributed by atoms with Crippen LogP contribution in [0.25, 0.3) is 17.0 Å². The van der Waals surface area contributed by atoms with Crippen LogP contribution in [0.2, 0.25) is 5.02 Å². The number of nitrogens with zero attached hydrogens (tertiary/aromatic N) is 2. The zero-order valence-electron chi connectivity index (χ0n) is 18.3. The maximum absolute atomic E-state index is 13.3. The molecule has 0 spiro atoms. The minimum absolute atomic E-state index is 0.111. The Morgan fingerprint density at radius 1 is 1.03 bits per heavy atom. The van der Waals surface area contributed by atoms with Crippen molar-refractivity contribution in [1.82, 2.24) is 5.43 Å². The zero-order chi connectivity index (χ0) is 25.2. The Balaban J connectivity index is 1.50. The second-order valence-corrected chi connectivity index (χ2v) is 8.99. The van der Waals surface area contributed by atoms with Crippen molar-refractivity contribution in [2.75, 3.05) is 4.90 Å². The van der Waals surface area contributed by atoms with Crippen LogP contribution in [0, 0.1) is 5.82 Å². The maximum atomic E-state index is 13.3. The van der Waals surface area contributed by atoms with E-state index in [4.69, 9.17) is 16.0 Å². The number of carbonyl (C=O) groups is 2. The molecule has 1 N–H and O–H groups in total. The molecule has 2 amide bonds. The lowest BCUT2D eigenvalue weighted by Crippen LogP contribution is -2.32. The molecular weight excluding hydrogens is 505 g/mol. The van der Waals surface area contributed by atoms with Gasteiger partial charge in [0.1, 0.15) is 17.0 Å². The molecule has 7 nitrogen and oxygen atoms in total. The lowest BCUT2D eigenvalue weighted by Gasteiger charge is -2.16. The number of thioether (sulfide) groups is 1. The number of hydrazone groups is 1. The highest BCUT2D eigenvalue weighted by molar-refractivity contribution is 8.19. The van der Waals surface area contributed by atoms with Gasteiger partial charge < -0.3 is 4.42 Å². The zero-order valence-corrected chi connectivity index (χ0v) is 19.8. The van der Waals surface area contributed by atoms with Gasteiger partial charge in [-0.15, -0.1) is 5.10 Å². The summed E-state index contributed by atoms with van der Waals surface area (Å²) in [7, 11) is 0. The van der Waals surface area contributed by atoms with Gasteiger partial charge in [0.25, 0.3) is 11.8 Å². The monoisotopic (exact) mass is 519 g/mol. The summed E-state index contributed by atoms with van der Waals surface area (Å²) in [6, 6.07) is 20.5. The molecule has 1 aromatic heterocycles. The van der Waals surface area contributed by atoms with Crippen LogP contribution >= 0.6 is 23.4 Å². The van der Waals surface area contributed by atoms with Crippen molar-refractivity contribution >= 4 is 63.1 Å². The summed E-state index contributed by atoms with van der Waals surface area (Å²) in [6.07, 6.45) is 1.58. The van der Waals surface area contributed by atoms with Crippen molar-refractivity contribution in [1.29, 1.82) is 0 Å². The molecular formula is C26H15ClFN3O4S. The molecule has 2 heterocycles. The van der Waals surface area contributed by atoms with Crippen LogP contribution in [0.15, 0.2) is 98.1 Å². The van der Waals surface area contributed by atoms with E-state index in [1.165, 1.54) is 35.2 Å². The van der Waals surface area contributed by atoms with Crippen molar-refractivity contribution < 1.29 is 18.4 Å². The minimum atomic E-state index is -0.818. The first-order valence-electron chi connectivity index (χ1n) is 10.6. The first kappa shape index (κ1) is 23.5. The van der Waals surface area contributed by atoms with Crippen LogP contribution in [0.4, 0.5) is 10.1 Å². The van der Waals surface area contributed by atoms with Gasteiger partial charge in [-0.05, 0) is 59.8 Å². The molecule has 5 rings (SSSR count). The summed E-state index contributed by atoms with van der Waals surface area (Å²) in [4.78, 5) is 40.0. The molecule has 0 unspecified atom stereocenters. The Kier molecular flexibility index (Phi) is 6.41. The number of anilines is 1. The molecule has 36 heavy (non-hydrogen) atoms. The lowest BCUT2D eigenvalue weighted by atomic mass is 10.2. The Morgan fingerprint density at radius 3 is 2.53 bits per heavy atom. The Bertz CT molecular complexity index is 1630. The third-order valence-corrected chi connectivity index (χ3v) is 6.50. The van der Waals surface area contributed by atoms with Crippen molar-refractivity contribution in [2.45, 2.75) is 0 Å². The number of amidine groups is 1. The second kappa shape index (κ2) is 9.80. The summed E-state index contributed by atoms with van der Waals surface area (Å²) >= 11 is 7.33. The largest absolute Gasteiger partial charge is 0.422 e. The van der Waals surface area contributed by atoms with Crippen LogP contribution in [-0.4, -0.2) is 17.0 Å². The minimum Gasteiger partial charge on any atom is -0.422 e. The molecule has 0 radical (unpaired) electrons. The number of nitrogens with one attached hydrogen (secondary N) is 1. The predicted octanol–water partition coefficient (Wildman–Crippen LogP) is 5.41. The third-order valence-electron chi connectivity index (χ3n) is 5.21. The number of hydrogen-bond donors (Lipinski definition) is 1. The second-order valence-electron chi connectivity index (χ2n) is 7.57. The highest BCUT2D eigenvalue weighted by atomic mass is 35.5. The van der Waals surface area contributed by atoms with Gasteiger partial charge in [-0.25, -0.2) is 14.6 Å². The van der Waals surface area contributed by atoms with E-state index in [0.717, 1.165) is 11.8 Å². The van der Waals surface area contributed by atoms with Crippen LogP contribution in [-0.2, 0) is 4.79 Å². The van der Waals surface area contributed by atoms with Crippen molar-refractivity contribution in [3.05, 3.63) is 116 Å². The van der Waals surface area contributed by atoms with Gasteiger partial charge in [0.15, 0.2) is 5.17 Å². The van der Waals surface area contributed by atoms with Crippen LogP contribution in [0.3, 0.4) is 0 Å². The number of hydrogen-bond acceptors (Lipinski definition) is 6. The quantitative estimate of drug-likeness (QED) is 0.221. The van der Waals surface area contributed by atoms with Crippen LogP contribution < -0.4 is 16.0 Å². The number of fused-ring (bicyclic) bond motifs is 1. The maximum Gasteiger partial charge on any atom is 0.349 e. The van der Waals surface area contributed by atoms with Crippen LogP contribution in [0.1, 0.15) is 15.9 Å². The van der Waals surface area contributed by atoms with Crippen molar-refractivity contribution in [2.24, 2.45) is 5.10 Å². The van der Waals surface area contributed by atoms with E-state index >= 15 is 0 Å². The fraction of sp³-hybridized carbons (Fsp3) is 0. The molecule has 1 fully saturated rings. The molecule has 0 atom stereocenters. The SMILES string of the molecule is O=C(N/N=C1\S/C(=C\c2ccc(F)cc2)C(=O)N1c1ccccc1Cl)c1cc2ccccc2oc1=O. The van der Waals surface area contributed by atoms with Gasteiger partial charge in [-0.1, -0.05) is 54.1 Å². The van der Waals surface area contributed by atoms with Gasteiger partial charge in [-0.2, -0.15) is 0 Å². The molecule has 4 aromatic rings. The predicted molar refractivity (Wildman–Crippen MR) is 138 cm³/mol. The summed E-state index contributed by atoms with van der Waals surface area (Å²) in [5.74, 6) is -1.64. The average Bonchev–Trinajstić information content (AvgIpc) is 3.18. The third kappa shape index (κ3) is 4.66. The Hall–Kier alpha value is -4.21. The number of para-hydroxylation sites is 2. The van der Waals surface area contributed by atoms with E-state index in [2.05, 4.69) is 10.5 Å². The number of carbonyl (C=O) groups excluding carboxylic acids is 2. The number of halogens is 2. The normalized spacial score (nSPS) is 15.7. The highest BCUT2D eigenvalue weighted by Crippen LogP contribution is 2.38. The first-order chi connectivity index (χ1) is 17.4. The average molecular weight is 520 g/mol. The number of rotatable bonds is 4. The molecule has 0 saturated carbocycles. The van der Waals surface area contributed by atoms with Gasteiger partial charge >= 0.3 is 5.63 Å². The number of amides is 2. The molecule has 1 saturated heterocycles. The molecule has 178 valence electrons. The summed E-state index contributed by atoms with van der Waals surface area (Å²) in [5.41, 5.74) is 2.59. The van der Waals surface area contributed by atoms with E-state index in [1.54, 1.807) is 54.6 Å². The van der Waals surface area contributed by atoms with Gasteiger partial charge in [0, 0.05) is 5.39 Å². The standard InChI is InChI=1S/C26H15ClFN3O4S/c27-19-6-2-3-7-20(19)31-24(33)22(13-15-9-11-17(28)12-10-15)36-26(31)30-29-23(32)18-14-16-5-1-4-8-21(16)35-25(18)34/h1-14H,(H,29,32)/b22-13-,30-26-. The Morgan fingerprint density at radius 2 is 1.75 bits per heavy atom. The van der Waals surface area contributed by atoms with Gasteiger partial charge in [-0.3, -0.25) is 14.5 Å². The van der Waals surface area contributed by atoms with Crippen molar-refractivity contribution in [3.8, 4) is 0 Å². The molecule has 0 aliphatic carbocycles. The molecule has 0 bridgehead atoms. The molecule has 1 aliphatic rings. The van der Waals surface area contributed by atoms with E-state index < -0.39 is 23.3 Å². The van der Waals surface area contributed by atoms with E-state index in [9.17, 15) is 18.8 Å². The van der Waals surface area contributed by atoms with Gasteiger partial charge in [0.2, 0.25) is 0 Å². The first-order valence-corrected chi connectivity index (χ1v) is 11.8. The molecule has 10 heteroatoms. The Labute approximate surface area is 212 Å². The molecule has 3 aromatic carbocycles. The highest BCUT2D eigenvalue weighted by Gasteiger charge is 2.36. The van der Waals surface area contributed by atoms with Crippen LogP contribution in [0.5, 0.6) is 0 Å². The summed E-state index contributed by atoms with van der Waals surface area (Å²) < 4.78 is 18.5. The fourth-order valence-electron chi connectivity index (χ4n) is 3.48. The van der Waals surface area contributed by atoms with E-state index in [-0.39, 0.29) is 15.6 Å². The number of benzene rings is 3.